The van der Waals surface area contributed by atoms with Crippen LogP contribution in [0.15, 0.2) is 18.2 Å². The zero-order valence-corrected chi connectivity index (χ0v) is 18.2. The number of hydrogen-bond donors (Lipinski definition) is 1. The Kier molecular flexibility index (Phi) is 7.34. The number of piperidine rings is 1. The zero-order valence-electron chi connectivity index (χ0n) is 16.7. The molecule has 1 N–H and O–H groups in total. The van der Waals surface area contributed by atoms with Gasteiger partial charge in [-0.05, 0) is 25.0 Å². The highest BCUT2D eigenvalue weighted by molar-refractivity contribution is 6.39. The third-order valence-electron chi connectivity index (χ3n) is 4.76. The van der Waals surface area contributed by atoms with E-state index in [4.69, 9.17) is 23.2 Å². The predicted molar refractivity (Wildman–Crippen MR) is 111 cm³/mol. The number of likely N-dealkylation sites (N-methyl/N-ethyl adjacent to an activating group) is 1. The zero-order chi connectivity index (χ0) is 21.1. The van der Waals surface area contributed by atoms with Crippen molar-refractivity contribution in [2.75, 3.05) is 32.0 Å². The quantitative estimate of drug-likeness (QED) is 0.796. The summed E-state index contributed by atoms with van der Waals surface area (Å²) < 4.78 is 0. The lowest BCUT2D eigenvalue weighted by Crippen LogP contribution is -2.47. The van der Waals surface area contributed by atoms with Gasteiger partial charge in [-0.1, -0.05) is 50.0 Å². The maximum absolute atomic E-state index is 12.7. The van der Waals surface area contributed by atoms with E-state index >= 15 is 0 Å². The number of rotatable bonds is 4. The molecule has 1 aliphatic heterocycles. The Hall–Kier alpha value is -1.79. The first-order chi connectivity index (χ1) is 13.0. The Morgan fingerprint density at radius 2 is 1.68 bits per heavy atom. The van der Waals surface area contributed by atoms with Crippen molar-refractivity contribution in [3.8, 4) is 0 Å². The standard InChI is InChI=1S/C20H27Cl2N3O3/c1-20(2,3)19(28)25-10-8-13(9-11-25)18(27)24(4)12-16(26)23-17-14(21)6-5-7-15(17)22/h5-7,13H,8-12H2,1-4H3,(H,23,26). The Morgan fingerprint density at radius 1 is 1.14 bits per heavy atom. The summed E-state index contributed by atoms with van der Waals surface area (Å²) in [6.45, 7) is 6.70. The number of carbonyl (C=O) groups is 3. The number of anilines is 1. The molecule has 1 fully saturated rings. The Bertz CT molecular complexity index is 733. The van der Waals surface area contributed by atoms with Crippen molar-refractivity contribution in [3.63, 3.8) is 0 Å². The van der Waals surface area contributed by atoms with Gasteiger partial charge in [0, 0.05) is 31.5 Å². The van der Waals surface area contributed by atoms with Crippen LogP contribution in [0.2, 0.25) is 10.0 Å². The molecule has 3 amide bonds. The van der Waals surface area contributed by atoms with Crippen LogP contribution in [0, 0.1) is 11.3 Å². The summed E-state index contributed by atoms with van der Waals surface area (Å²) in [5, 5.41) is 3.33. The SMILES string of the molecule is CN(CC(=O)Nc1c(Cl)cccc1Cl)C(=O)C1CCN(C(=O)C(C)(C)C)CC1. The van der Waals surface area contributed by atoms with Gasteiger partial charge in [0.25, 0.3) is 0 Å². The number of nitrogens with one attached hydrogen (secondary N) is 1. The van der Waals surface area contributed by atoms with E-state index in [1.807, 2.05) is 25.7 Å². The van der Waals surface area contributed by atoms with Gasteiger partial charge in [-0.25, -0.2) is 0 Å². The lowest BCUT2D eigenvalue weighted by molar-refractivity contribution is -0.144. The summed E-state index contributed by atoms with van der Waals surface area (Å²) in [4.78, 5) is 40.6. The van der Waals surface area contributed by atoms with Crippen molar-refractivity contribution in [3.05, 3.63) is 28.2 Å². The number of halogens is 2. The molecule has 8 heteroatoms. The number of para-hydroxylation sites is 1. The number of carbonyl (C=O) groups excluding carboxylic acids is 3. The van der Waals surface area contributed by atoms with E-state index in [9.17, 15) is 14.4 Å². The molecule has 0 bridgehead atoms. The van der Waals surface area contributed by atoms with Gasteiger partial charge >= 0.3 is 0 Å². The fraction of sp³-hybridized carbons (Fsp3) is 0.550. The van der Waals surface area contributed by atoms with E-state index in [1.54, 1.807) is 25.2 Å². The fourth-order valence-electron chi connectivity index (χ4n) is 3.21. The Morgan fingerprint density at radius 3 is 2.18 bits per heavy atom. The molecule has 0 atom stereocenters. The highest BCUT2D eigenvalue weighted by Gasteiger charge is 2.33. The van der Waals surface area contributed by atoms with E-state index in [0.29, 0.717) is 41.7 Å². The van der Waals surface area contributed by atoms with Crippen molar-refractivity contribution >= 4 is 46.6 Å². The van der Waals surface area contributed by atoms with Crippen molar-refractivity contribution in [2.45, 2.75) is 33.6 Å². The summed E-state index contributed by atoms with van der Waals surface area (Å²) >= 11 is 12.1. The Balaban J connectivity index is 1.88. The van der Waals surface area contributed by atoms with Crippen LogP contribution >= 0.6 is 23.2 Å². The van der Waals surface area contributed by atoms with Crippen molar-refractivity contribution < 1.29 is 14.4 Å². The molecule has 6 nitrogen and oxygen atoms in total. The van der Waals surface area contributed by atoms with Crippen molar-refractivity contribution in [2.24, 2.45) is 11.3 Å². The normalized spacial score (nSPS) is 15.3. The molecular weight excluding hydrogens is 401 g/mol. The number of nitrogens with zero attached hydrogens (tertiary/aromatic N) is 2. The van der Waals surface area contributed by atoms with Crippen LogP contribution in [0.4, 0.5) is 5.69 Å². The van der Waals surface area contributed by atoms with E-state index in [-0.39, 0.29) is 30.2 Å². The topological polar surface area (TPSA) is 69.7 Å². The summed E-state index contributed by atoms with van der Waals surface area (Å²) in [6.07, 6.45) is 1.20. The molecule has 0 radical (unpaired) electrons. The molecular formula is C20H27Cl2N3O3. The first kappa shape index (κ1) is 22.5. The second kappa shape index (κ2) is 9.14. The molecule has 2 rings (SSSR count). The number of likely N-dealkylation sites (tertiary alicyclic amines) is 1. The van der Waals surface area contributed by atoms with Gasteiger partial charge in [0.1, 0.15) is 0 Å². The number of hydrogen-bond acceptors (Lipinski definition) is 3. The second-order valence-corrected chi connectivity index (χ2v) is 8.97. The molecule has 0 aliphatic carbocycles. The molecule has 0 spiro atoms. The number of benzene rings is 1. The summed E-state index contributed by atoms with van der Waals surface area (Å²) in [6, 6.07) is 4.95. The highest BCUT2D eigenvalue weighted by atomic mass is 35.5. The van der Waals surface area contributed by atoms with Gasteiger partial charge in [0.2, 0.25) is 17.7 Å². The molecule has 1 aromatic rings. The minimum atomic E-state index is -0.425. The van der Waals surface area contributed by atoms with Crippen LogP contribution in [-0.4, -0.2) is 54.2 Å². The molecule has 154 valence electrons. The number of amides is 3. The molecule has 0 unspecified atom stereocenters. The average Bonchev–Trinajstić information content (AvgIpc) is 2.63. The van der Waals surface area contributed by atoms with Gasteiger partial charge in [0.05, 0.1) is 22.3 Å². The molecule has 1 saturated heterocycles. The van der Waals surface area contributed by atoms with Gasteiger partial charge in [-0.2, -0.15) is 0 Å². The molecule has 0 saturated carbocycles. The van der Waals surface area contributed by atoms with Crippen molar-refractivity contribution in [1.29, 1.82) is 0 Å². The maximum Gasteiger partial charge on any atom is 0.244 e. The minimum absolute atomic E-state index is 0.0942. The largest absolute Gasteiger partial charge is 0.342 e. The monoisotopic (exact) mass is 427 g/mol. The Labute approximate surface area is 176 Å². The first-order valence-corrected chi connectivity index (χ1v) is 10.0. The predicted octanol–water partition coefficient (Wildman–Crippen LogP) is 3.68. The molecule has 0 aromatic heterocycles. The van der Waals surface area contributed by atoms with Crippen LogP contribution in [0.5, 0.6) is 0 Å². The summed E-state index contributed by atoms with van der Waals surface area (Å²) in [5.41, 5.74) is -0.0863. The lowest BCUT2D eigenvalue weighted by atomic mass is 9.90. The fourth-order valence-corrected chi connectivity index (χ4v) is 3.70. The molecule has 28 heavy (non-hydrogen) atoms. The van der Waals surface area contributed by atoms with Crippen LogP contribution in [-0.2, 0) is 14.4 Å². The van der Waals surface area contributed by atoms with Crippen LogP contribution in [0.1, 0.15) is 33.6 Å². The average molecular weight is 428 g/mol. The molecule has 1 aliphatic rings. The minimum Gasteiger partial charge on any atom is -0.342 e. The van der Waals surface area contributed by atoms with Crippen LogP contribution < -0.4 is 5.32 Å². The third kappa shape index (κ3) is 5.61. The second-order valence-electron chi connectivity index (χ2n) is 8.16. The first-order valence-electron chi connectivity index (χ1n) is 9.29. The summed E-state index contributed by atoms with van der Waals surface area (Å²) in [5.74, 6) is -0.553. The lowest BCUT2D eigenvalue weighted by Gasteiger charge is -2.36. The third-order valence-corrected chi connectivity index (χ3v) is 5.39. The van der Waals surface area contributed by atoms with Crippen LogP contribution in [0.25, 0.3) is 0 Å². The maximum atomic E-state index is 12.7. The molecule has 1 heterocycles. The van der Waals surface area contributed by atoms with E-state index in [2.05, 4.69) is 5.32 Å². The van der Waals surface area contributed by atoms with E-state index in [1.165, 1.54) is 4.90 Å². The summed E-state index contributed by atoms with van der Waals surface area (Å²) in [7, 11) is 1.60. The van der Waals surface area contributed by atoms with E-state index in [0.717, 1.165) is 0 Å². The van der Waals surface area contributed by atoms with E-state index < -0.39 is 5.41 Å². The van der Waals surface area contributed by atoms with Gasteiger partial charge in [-0.15, -0.1) is 0 Å². The van der Waals surface area contributed by atoms with Gasteiger partial charge in [0.15, 0.2) is 0 Å². The van der Waals surface area contributed by atoms with Gasteiger partial charge in [-0.3, -0.25) is 14.4 Å². The van der Waals surface area contributed by atoms with Crippen LogP contribution in [0.3, 0.4) is 0 Å². The smallest absolute Gasteiger partial charge is 0.244 e. The molecule has 1 aromatic carbocycles. The highest BCUT2D eigenvalue weighted by Crippen LogP contribution is 2.30. The van der Waals surface area contributed by atoms with Crippen molar-refractivity contribution in [1.82, 2.24) is 9.80 Å². The van der Waals surface area contributed by atoms with Gasteiger partial charge < -0.3 is 15.1 Å².